The van der Waals surface area contributed by atoms with Crippen LogP contribution in [0.1, 0.15) is 42.5 Å². The monoisotopic (exact) mass is 468 g/mol. The molecule has 0 aliphatic heterocycles. The van der Waals surface area contributed by atoms with Gasteiger partial charge in [0.1, 0.15) is 0 Å². The molecule has 132 valence electrons. The Balaban J connectivity index is 0.00000264. The third-order valence-electron chi connectivity index (χ3n) is 3.91. The predicted molar refractivity (Wildman–Crippen MR) is 115 cm³/mol. The molecule has 2 atom stereocenters. The SMILES string of the molecule is CCNC(=NCCc1ncc(C)s1)NC1CCCC(SC)C1.I. The first kappa shape index (κ1) is 21.0. The summed E-state index contributed by atoms with van der Waals surface area (Å²) in [6.45, 7) is 5.91. The van der Waals surface area contributed by atoms with E-state index in [1.165, 1.54) is 35.6 Å². The van der Waals surface area contributed by atoms with Crippen LogP contribution in [0, 0.1) is 6.92 Å². The minimum Gasteiger partial charge on any atom is -0.357 e. The number of aromatic nitrogens is 1. The minimum absolute atomic E-state index is 0. The van der Waals surface area contributed by atoms with Crippen molar-refractivity contribution < 1.29 is 0 Å². The summed E-state index contributed by atoms with van der Waals surface area (Å²) in [5.41, 5.74) is 0. The van der Waals surface area contributed by atoms with Crippen LogP contribution in [-0.2, 0) is 6.42 Å². The average molecular weight is 468 g/mol. The van der Waals surface area contributed by atoms with Crippen molar-refractivity contribution in [1.29, 1.82) is 0 Å². The zero-order chi connectivity index (χ0) is 15.8. The molecule has 0 bridgehead atoms. The molecule has 1 aliphatic carbocycles. The highest BCUT2D eigenvalue weighted by Gasteiger charge is 2.21. The van der Waals surface area contributed by atoms with Gasteiger partial charge in [0, 0.05) is 41.9 Å². The van der Waals surface area contributed by atoms with Crippen molar-refractivity contribution in [2.45, 2.75) is 57.2 Å². The van der Waals surface area contributed by atoms with E-state index in [-0.39, 0.29) is 24.0 Å². The third kappa shape index (κ3) is 7.60. The van der Waals surface area contributed by atoms with Crippen LogP contribution in [0.5, 0.6) is 0 Å². The second kappa shape index (κ2) is 11.5. The van der Waals surface area contributed by atoms with E-state index in [9.17, 15) is 0 Å². The van der Waals surface area contributed by atoms with Gasteiger partial charge in [-0.2, -0.15) is 11.8 Å². The molecule has 4 nitrogen and oxygen atoms in total. The number of thioether (sulfide) groups is 1. The first-order chi connectivity index (χ1) is 10.7. The van der Waals surface area contributed by atoms with Crippen molar-refractivity contribution in [3.8, 4) is 0 Å². The molecule has 0 saturated heterocycles. The zero-order valence-electron chi connectivity index (χ0n) is 14.3. The topological polar surface area (TPSA) is 49.3 Å². The number of hydrogen-bond acceptors (Lipinski definition) is 4. The highest BCUT2D eigenvalue weighted by atomic mass is 127. The Bertz CT molecular complexity index is 478. The lowest BCUT2D eigenvalue weighted by atomic mass is 9.95. The van der Waals surface area contributed by atoms with Crippen molar-refractivity contribution in [2.75, 3.05) is 19.3 Å². The van der Waals surface area contributed by atoms with Crippen LogP contribution < -0.4 is 10.6 Å². The van der Waals surface area contributed by atoms with E-state index in [4.69, 9.17) is 4.99 Å². The van der Waals surface area contributed by atoms with Gasteiger partial charge in [0.05, 0.1) is 5.01 Å². The minimum atomic E-state index is 0. The molecular formula is C16H29IN4S2. The van der Waals surface area contributed by atoms with Crippen LogP contribution in [-0.4, -0.2) is 41.6 Å². The molecule has 0 radical (unpaired) electrons. The third-order valence-corrected chi connectivity index (χ3v) is 5.98. The maximum Gasteiger partial charge on any atom is 0.191 e. The largest absolute Gasteiger partial charge is 0.357 e. The summed E-state index contributed by atoms with van der Waals surface area (Å²) < 4.78 is 0. The molecule has 0 spiro atoms. The highest BCUT2D eigenvalue weighted by molar-refractivity contribution is 14.0. The van der Waals surface area contributed by atoms with Crippen molar-refractivity contribution in [2.24, 2.45) is 4.99 Å². The number of thiazole rings is 1. The van der Waals surface area contributed by atoms with Crippen LogP contribution in [0.2, 0.25) is 0 Å². The molecule has 2 N–H and O–H groups in total. The van der Waals surface area contributed by atoms with Gasteiger partial charge in [0.15, 0.2) is 5.96 Å². The number of nitrogens with zero attached hydrogens (tertiary/aromatic N) is 2. The van der Waals surface area contributed by atoms with Crippen molar-refractivity contribution in [1.82, 2.24) is 15.6 Å². The number of nitrogens with one attached hydrogen (secondary N) is 2. The molecule has 0 aromatic carbocycles. The van der Waals surface area contributed by atoms with E-state index < -0.39 is 0 Å². The molecule has 1 heterocycles. The smallest absolute Gasteiger partial charge is 0.191 e. The van der Waals surface area contributed by atoms with Crippen LogP contribution in [0.15, 0.2) is 11.2 Å². The molecule has 1 aliphatic rings. The second-order valence-electron chi connectivity index (χ2n) is 5.74. The fourth-order valence-corrected chi connectivity index (χ4v) is 4.39. The maximum absolute atomic E-state index is 4.72. The molecule has 23 heavy (non-hydrogen) atoms. The summed E-state index contributed by atoms with van der Waals surface area (Å²) in [6, 6.07) is 0.561. The van der Waals surface area contributed by atoms with E-state index >= 15 is 0 Å². The summed E-state index contributed by atoms with van der Waals surface area (Å²) in [4.78, 5) is 10.4. The normalized spacial score (nSPS) is 21.6. The van der Waals surface area contributed by atoms with Gasteiger partial charge in [0.25, 0.3) is 0 Å². The average Bonchev–Trinajstić information content (AvgIpc) is 2.93. The molecule has 1 saturated carbocycles. The van der Waals surface area contributed by atoms with Crippen LogP contribution >= 0.6 is 47.1 Å². The quantitative estimate of drug-likeness (QED) is 0.379. The Morgan fingerprint density at radius 2 is 2.30 bits per heavy atom. The van der Waals surface area contributed by atoms with E-state index in [0.29, 0.717) is 6.04 Å². The number of hydrogen-bond donors (Lipinski definition) is 2. The summed E-state index contributed by atoms with van der Waals surface area (Å²) in [5.74, 6) is 0.961. The first-order valence-electron chi connectivity index (χ1n) is 8.20. The van der Waals surface area contributed by atoms with Gasteiger partial charge >= 0.3 is 0 Å². The Hall–Kier alpha value is -0.0200. The molecule has 2 unspecified atom stereocenters. The lowest BCUT2D eigenvalue weighted by Gasteiger charge is -2.29. The fraction of sp³-hybridized carbons (Fsp3) is 0.750. The van der Waals surface area contributed by atoms with E-state index in [2.05, 4.69) is 35.7 Å². The van der Waals surface area contributed by atoms with Gasteiger partial charge in [-0.15, -0.1) is 35.3 Å². The second-order valence-corrected chi connectivity index (χ2v) is 8.20. The van der Waals surface area contributed by atoms with Crippen molar-refractivity contribution >= 4 is 53.0 Å². The lowest BCUT2D eigenvalue weighted by Crippen LogP contribution is -2.45. The highest BCUT2D eigenvalue weighted by Crippen LogP contribution is 2.26. The maximum atomic E-state index is 4.72. The summed E-state index contributed by atoms with van der Waals surface area (Å²) in [5, 5.41) is 8.97. The summed E-state index contributed by atoms with van der Waals surface area (Å²) in [7, 11) is 0. The van der Waals surface area contributed by atoms with Gasteiger partial charge < -0.3 is 10.6 Å². The molecule has 1 aromatic heterocycles. The standard InChI is InChI=1S/C16H28N4S2.HI/c1-4-17-16(18-9-8-15-19-11-12(2)22-15)20-13-6-5-7-14(10-13)21-3;/h11,13-14H,4-10H2,1-3H3,(H2,17,18,20);1H. The van der Waals surface area contributed by atoms with Crippen molar-refractivity contribution in [3.05, 3.63) is 16.1 Å². The molecular weight excluding hydrogens is 439 g/mol. The summed E-state index contributed by atoms with van der Waals surface area (Å²) in [6.07, 6.45) is 10.3. The van der Waals surface area contributed by atoms with E-state index in [1.54, 1.807) is 11.3 Å². The molecule has 7 heteroatoms. The summed E-state index contributed by atoms with van der Waals surface area (Å²) >= 11 is 3.77. The Morgan fingerprint density at radius 1 is 1.48 bits per heavy atom. The fourth-order valence-electron chi connectivity index (χ4n) is 2.78. The number of rotatable bonds is 6. The Kier molecular flexibility index (Phi) is 10.5. The Labute approximate surface area is 165 Å². The predicted octanol–water partition coefficient (Wildman–Crippen LogP) is 3.84. The van der Waals surface area contributed by atoms with Gasteiger partial charge in [-0.1, -0.05) is 6.42 Å². The van der Waals surface area contributed by atoms with Crippen molar-refractivity contribution in [3.63, 3.8) is 0 Å². The number of aryl methyl sites for hydroxylation is 1. The van der Waals surface area contributed by atoms with Crippen LogP contribution in [0.4, 0.5) is 0 Å². The zero-order valence-corrected chi connectivity index (χ0v) is 18.3. The molecule has 0 amide bonds. The molecule has 2 rings (SSSR count). The van der Waals surface area contributed by atoms with E-state index in [1.807, 2.05) is 18.0 Å². The van der Waals surface area contributed by atoms with E-state index in [0.717, 1.165) is 30.7 Å². The first-order valence-corrected chi connectivity index (χ1v) is 10.3. The lowest BCUT2D eigenvalue weighted by molar-refractivity contribution is 0.419. The molecule has 1 fully saturated rings. The number of aliphatic imine (C=N–C) groups is 1. The van der Waals surface area contributed by atoms with Gasteiger partial charge in [0.2, 0.25) is 0 Å². The Morgan fingerprint density at radius 3 is 2.96 bits per heavy atom. The van der Waals surface area contributed by atoms with Gasteiger partial charge in [-0.25, -0.2) is 4.98 Å². The molecule has 1 aromatic rings. The van der Waals surface area contributed by atoms with Crippen LogP contribution in [0.25, 0.3) is 0 Å². The van der Waals surface area contributed by atoms with Crippen LogP contribution in [0.3, 0.4) is 0 Å². The van der Waals surface area contributed by atoms with Gasteiger partial charge in [-0.3, -0.25) is 4.99 Å². The number of guanidine groups is 1. The number of halogens is 1. The van der Waals surface area contributed by atoms with Gasteiger partial charge in [-0.05, 0) is 39.4 Å².